The second-order valence-electron chi connectivity index (χ2n) is 8.78. The molecule has 0 aromatic heterocycles. The van der Waals surface area contributed by atoms with Crippen LogP contribution in [0.3, 0.4) is 0 Å². The number of nitrogens with one attached hydrogen (secondary N) is 2. The van der Waals surface area contributed by atoms with Crippen molar-refractivity contribution < 1.29 is 58.1 Å². The fraction of sp³-hybridized carbons (Fsp3) is 0.864. The number of amides is 2. The summed E-state index contributed by atoms with van der Waals surface area (Å²) in [6.07, 6.45) is -10.1. The number of hydrogen-bond acceptors (Lipinski definition) is 12. The molecule has 0 spiro atoms. The third kappa shape index (κ3) is 7.18. The van der Waals surface area contributed by atoms with Gasteiger partial charge in [-0.2, -0.15) is 0 Å². The van der Waals surface area contributed by atoms with Gasteiger partial charge in [-0.1, -0.05) is 0 Å². The molecule has 0 aromatic rings. The second-order valence-corrected chi connectivity index (χ2v) is 8.78. The molecule has 0 radical (unpaired) electrons. The Bertz CT molecular complexity index is 755. The lowest BCUT2D eigenvalue weighted by molar-refractivity contribution is -0.334. The largest absolute Gasteiger partial charge is 0.394 e. The summed E-state index contributed by atoms with van der Waals surface area (Å²) in [4.78, 5) is 35.7. The predicted octanol–water partition coefficient (Wildman–Crippen LogP) is -2.80. The molecule has 2 aliphatic rings. The molecule has 208 valence electrons. The van der Waals surface area contributed by atoms with E-state index in [0.717, 1.165) is 0 Å². The maximum atomic E-state index is 12.1. The summed E-state index contributed by atoms with van der Waals surface area (Å²) in [5, 5.41) is 36.2. The van der Waals surface area contributed by atoms with E-state index in [2.05, 4.69) is 10.6 Å². The lowest BCUT2D eigenvalue weighted by Gasteiger charge is -2.49. The number of hydrogen-bond donors (Lipinski definition) is 5. The minimum absolute atomic E-state index is 0.281. The van der Waals surface area contributed by atoms with Crippen LogP contribution in [-0.4, -0.2) is 128 Å². The Labute approximate surface area is 209 Å². The lowest BCUT2D eigenvalue weighted by atomic mass is 9.94. The van der Waals surface area contributed by atoms with E-state index >= 15 is 0 Å². The van der Waals surface area contributed by atoms with Gasteiger partial charge in [0.2, 0.25) is 11.8 Å². The Hall–Kier alpha value is -1.75. The molecule has 14 nitrogen and oxygen atoms in total. The van der Waals surface area contributed by atoms with E-state index in [1.54, 1.807) is 0 Å². The van der Waals surface area contributed by atoms with Crippen molar-refractivity contribution in [2.24, 2.45) is 0 Å². The Morgan fingerprint density at radius 2 is 1.36 bits per heavy atom. The number of ketones is 1. The summed E-state index contributed by atoms with van der Waals surface area (Å²) in [7, 11) is 2.68. The van der Waals surface area contributed by atoms with Gasteiger partial charge in [0.15, 0.2) is 18.4 Å². The fourth-order valence-corrected chi connectivity index (χ4v) is 4.31. The van der Waals surface area contributed by atoms with Crippen LogP contribution in [0.4, 0.5) is 0 Å². The number of ether oxygens (including phenoxy) is 6. The number of aliphatic hydroxyl groups is 3. The molecule has 11 atom stereocenters. The maximum absolute atomic E-state index is 12.1. The average Bonchev–Trinajstić information content (AvgIpc) is 2.82. The SMILES string of the molecule is CO[C@@H]1OC(CO)[C@H](O[C@@H]2OC(CO)[C@@H](OC)[C@H](OC(C)C(C)=O)C2NC(C)=O)[C@H](O)C1NC(C)=O. The first-order chi connectivity index (χ1) is 17.0. The van der Waals surface area contributed by atoms with E-state index in [4.69, 9.17) is 28.4 Å². The summed E-state index contributed by atoms with van der Waals surface area (Å²) >= 11 is 0. The van der Waals surface area contributed by atoms with Crippen molar-refractivity contribution in [1.82, 2.24) is 10.6 Å². The molecule has 2 aliphatic heterocycles. The molecule has 5 unspecified atom stereocenters. The van der Waals surface area contributed by atoms with Gasteiger partial charge >= 0.3 is 0 Å². The van der Waals surface area contributed by atoms with Gasteiger partial charge in [0.1, 0.15) is 54.8 Å². The minimum Gasteiger partial charge on any atom is -0.394 e. The second kappa shape index (κ2) is 13.7. The first-order valence-electron chi connectivity index (χ1n) is 11.6. The van der Waals surface area contributed by atoms with E-state index in [1.807, 2.05) is 0 Å². The van der Waals surface area contributed by atoms with Crippen molar-refractivity contribution in [3.8, 4) is 0 Å². The molecule has 14 heteroatoms. The van der Waals surface area contributed by atoms with E-state index in [0.29, 0.717) is 0 Å². The minimum atomic E-state index is -1.44. The van der Waals surface area contributed by atoms with Crippen molar-refractivity contribution >= 4 is 17.6 Å². The van der Waals surface area contributed by atoms with Crippen LogP contribution in [0.1, 0.15) is 27.7 Å². The van der Waals surface area contributed by atoms with Crippen LogP contribution >= 0.6 is 0 Å². The molecule has 36 heavy (non-hydrogen) atoms. The molecule has 2 saturated heterocycles. The monoisotopic (exact) mass is 522 g/mol. The lowest BCUT2D eigenvalue weighted by Crippen LogP contribution is -2.70. The van der Waals surface area contributed by atoms with Crippen molar-refractivity contribution in [2.75, 3.05) is 27.4 Å². The van der Waals surface area contributed by atoms with Crippen molar-refractivity contribution in [2.45, 2.75) is 95.1 Å². The normalized spacial score (nSPS) is 37.7. The molecule has 0 saturated carbocycles. The Kier molecular flexibility index (Phi) is 11.6. The standard InChI is InChI=1S/C22H38N2O12/c1-9(27)10(2)33-20-16(24-12(4)29)22(35-14(8-26)19(20)31-5)36-18-13(7-25)34-21(32-6)15(17(18)30)23-11(3)28/h10,13-22,25-26,30H,7-8H2,1-6H3,(H,23,28)(H,24,29)/t10?,13?,14?,15?,16?,17-,18+,19-,20-,21-,22+/m1/s1. The quantitative estimate of drug-likeness (QED) is 0.188. The van der Waals surface area contributed by atoms with Gasteiger partial charge in [-0.05, 0) is 13.8 Å². The van der Waals surface area contributed by atoms with Crippen LogP contribution in [0.5, 0.6) is 0 Å². The van der Waals surface area contributed by atoms with Crippen LogP contribution in [0.2, 0.25) is 0 Å². The zero-order chi connectivity index (χ0) is 27.2. The fourth-order valence-electron chi connectivity index (χ4n) is 4.31. The topological polar surface area (TPSA) is 191 Å². The van der Waals surface area contributed by atoms with Gasteiger partial charge in [-0.3, -0.25) is 14.4 Å². The predicted molar refractivity (Wildman–Crippen MR) is 120 cm³/mol. The third-order valence-electron chi connectivity index (χ3n) is 6.15. The van der Waals surface area contributed by atoms with Gasteiger partial charge in [0, 0.05) is 28.1 Å². The van der Waals surface area contributed by atoms with Crippen molar-refractivity contribution in [1.29, 1.82) is 0 Å². The van der Waals surface area contributed by atoms with Crippen LogP contribution in [0.25, 0.3) is 0 Å². The van der Waals surface area contributed by atoms with E-state index in [9.17, 15) is 29.7 Å². The summed E-state index contributed by atoms with van der Waals surface area (Å²) in [5.74, 6) is -1.23. The molecular formula is C22H38N2O12. The molecule has 2 fully saturated rings. The number of carbonyl (C=O) groups is 3. The van der Waals surface area contributed by atoms with E-state index < -0.39 is 92.4 Å². The average molecular weight is 523 g/mol. The van der Waals surface area contributed by atoms with Gasteiger partial charge in [-0.25, -0.2) is 0 Å². The smallest absolute Gasteiger partial charge is 0.217 e. The molecule has 2 rings (SSSR count). The number of Topliss-reactive ketones (excluding diaryl/α,β-unsaturated/α-hetero) is 1. The Morgan fingerprint density at radius 1 is 0.833 bits per heavy atom. The molecule has 0 aliphatic carbocycles. The number of methoxy groups -OCH3 is 2. The first kappa shape index (κ1) is 30.5. The number of aliphatic hydroxyl groups excluding tert-OH is 3. The van der Waals surface area contributed by atoms with Crippen LogP contribution in [0.15, 0.2) is 0 Å². The highest BCUT2D eigenvalue weighted by Gasteiger charge is 2.53. The molecule has 2 amide bonds. The van der Waals surface area contributed by atoms with E-state index in [-0.39, 0.29) is 5.78 Å². The van der Waals surface area contributed by atoms with Gasteiger partial charge in [0.05, 0.1) is 13.2 Å². The summed E-state index contributed by atoms with van der Waals surface area (Å²) < 4.78 is 34.3. The molecule has 0 bridgehead atoms. The van der Waals surface area contributed by atoms with Crippen LogP contribution in [0, 0.1) is 0 Å². The number of rotatable bonds is 11. The van der Waals surface area contributed by atoms with E-state index in [1.165, 1.54) is 41.9 Å². The Morgan fingerprint density at radius 3 is 1.83 bits per heavy atom. The summed E-state index contributed by atoms with van der Waals surface area (Å²) in [6, 6.07) is -2.13. The Balaban J connectivity index is 2.43. The summed E-state index contributed by atoms with van der Waals surface area (Å²) in [6.45, 7) is 4.27. The highest BCUT2D eigenvalue weighted by atomic mass is 16.7. The highest BCUT2D eigenvalue weighted by molar-refractivity contribution is 5.80. The first-order valence-corrected chi connectivity index (χ1v) is 11.6. The van der Waals surface area contributed by atoms with Gasteiger partial charge in [-0.15, -0.1) is 0 Å². The van der Waals surface area contributed by atoms with Gasteiger partial charge < -0.3 is 54.4 Å². The van der Waals surface area contributed by atoms with Crippen molar-refractivity contribution in [3.05, 3.63) is 0 Å². The van der Waals surface area contributed by atoms with Crippen molar-refractivity contribution in [3.63, 3.8) is 0 Å². The van der Waals surface area contributed by atoms with Crippen LogP contribution < -0.4 is 10.6 Å². The number of carbonyl (C=O) groups excluding carboxylic acids is 3. The molecule has 0 aromatic carbocycles. The highest BCUT2D eigenvalue weighted by Crippen LogP contribution is 2.32. The third-order valence-corrected chi connectivity index (χ3v) is 6.15. The molecular weight excluding hydrogens is 484 g/mol. The molecule has 2 heterocycles. The summed E-state index contributed by atoms with van der Waals surface area (Å²) in [5.41, 5.74) is 0. The van der Waals surface area contributed by atoms with Gasteiger partial charge in [0.25, 0.3) is 0 Å². The zero-order valence-electron chi connectivity index (χ0n) is 21.3. The maximum Gasteiger partial charge on any atom is 0.217 e. The van der Waals surface area contributed by atoms with Crippen LogP contribution in [-0.2, 0) is 42.8 Å². The molecule has 5 N–H and O–H groups in total. The zero-order valence-corrected chi connectivity index (χ0v) is 21.3.